The van der Waals surface area contributed by atoms with E-state index in [4.69, 9.17) is 5.73 Å². The summed E-state index contributed by atoms with van der Waals surface area (Å²) >= 11 is 3.95. The number of benzene rings is 1. The van der Waals surface area contributed by atoms with E-state index >= 15 is 0 Å². The van der Waals surface area contributed by atoms with Crippen LogP contribution in [0.5, 0.6) is 0 Å². The summed E-state index contributed by atoms with van der Waals surface area (Å²) in [5.74, 6) is 0. The largest absolute Gasteiger partial charge is 0.394 e. The lowest BCUT2D eigenvalue weighted by Gasteiger charge is -1.91. The molecule has 2 heteroatoms. The van der Waals surface area contributed by atoms with Crippen LogP contribution in [0.4, 0.5) is 0 Å². The van der Waals surface area contributed by atoms with Crippen LogP contribution >= 0.6 is 12.6 Å². The van der Waals surface area contributed by atoms with Gasteiger partial charge in [-0.2, -0.15) is 0 Å². The van der Waals surface area contributed by atoms with Crippen molar-refractivity contribution in [3.8, 4) is 0 Å². The first-order valence-corrected chi connectivity index (χ1v) is 3.45. The van der Waals surface area contributed by atoms with Gasteiger partial charge in [-0.3, -0.25) is 0 Å². The Hall–Kier alpha value is -0.890. The van der Waals surface area contributed by atoms with Gasteiger partial charge in [0.05, 0.1) is 5.03 Å². The van der Waals surface area contributed by atoms with Gasteiger partial charge < -0.3 is 5.73 Å². The minimum atomic E-state index is 0.534. The first kappa shape index (κ1) is 7.22. The molecule has 0 atom stereocenters. The normalized spacial score (nSPS) is 11.5. The third-order valence-corrected chi connectivity index (χ3v) is 1.24. The molecule has 0 aliphatic carbocycles. The molecule has 10 heavy (non-hydrogen) atoms. The van der Waals surface area contributed by atoms with Gasteiger partial charge in [0.15, 0.2) is 0 Å². The van der Waals surface area contributed by atoms with Gasteiger partial charge in [-0.1, -0.05) is 30.3 Å². The number of hydrogen-bond donors (Lipinski definition) is 2. The third kappa shape index (κ3) is 2.15. The van der Waals surface area contributed by atoms with Crippen LogP contribution in [0.2, 0.25) is 0 Å². The summed E-state index contributed by atoms with van der Waals surface area (Å²) in [7, 11) is 0. The highest BCUT2D eigenvalue weighted by Gasteiger charge is 1.83. The molecule has 0 radical (unpaired) electrons. The van der Waals surface area contributed by atoms with E-state index in [1.165, 1.54) is 0 Å². The van der Waals surface area contributed by atoms with E-state index in [2.05, 4.69) is 12.6 Å². The molecule has 0 bridgehead atoms. The molecule has 0 aromatic heterocycles. The van der Waals surface area contributed by atoms with Gasteiger partial charge in [0.25, 0.3) is 0 Å². The molecule has 0 fully saturated rings. The second kappa shape index (κ2) is 3.32. The SMILES string of the molecule is N/C(S)=C\c1ccccc1. The minimum absolute atomic E-state index is 0.534. The molecule has 0 aliphatic rings. The second-order valence-corrected chi connectivity index (χ2v) is 2.50. The zero-order valence-corrected chi connectivity index (χ0v) is 6.38. The summed E-state index contributed by atoms with van der Waals surface area (Å²) in [5.41, 5.74) is 6.43. The molecule has 1 aromatic rings. The summed E-state index contributed by atoms with van der Waals surface area (Å²) in [6, 6.07) is 9.84. The van der Waals surface area contributed by atoms with Crippen molar-refractivity contribution in [2.24, 2.45) is 5.73 Å². The molecule has 52 valence electrons. The lowest BCUT2D eigenvalue weighted by atomic mass is 10.2. The standard InChI is InChI=1S/C8H9NS/c9-8(10)6-7-4-2-1-3-5-7/h1-6,10H,9H2/b8-6+. The molecule has 1 aromatic carbocycles. The quantitative estimate of drug-likeness (QED) is 0.589. The van der Waals surface area contributed by atoms with E-state index < -0.39 is 0 Å². The Labute approximate surface area is 66.0 Å². The van der Waals surface area contributed by atoms with Crippen molar-refractivity contribution >= 4 is 18.7 Å². The monoisotopic (exact) mass is 151 g/mol. The molecule has 0 amide bonds. The maximum absolute atomic E-state index is 5.35. The summed E-state index contributed by atoms with van der Waals surface area (Å²) in [6.07, 6.45) is 1.81. The molecule has 0 saturated heterocycles. The fraction of sp³-hybridized carbons (Fsp3) is 0. The number of nitrogens with two attached hydrogens (primary N) is 1. The van der Waals surface area contributed by atoms with Crippen molar-refractivity contribution < 1.29 is 0 Å². The fourth-order valence-electron chi connectivity index (χ4n) is 0.720. The highest BCUT2D eigenvalue weighted by atomic mass is 32.1. The summed E-state index contributed by atoms with van der Waals surface area (Å²) in [5, 5.41) is 0.534. The number of rotatable bonds is 1. The molecule has 0 spiro atoms. The molecule has 1 nitrogen and oxygen atoms in total. The van der Waals surface area contributed by atoms with Gasteiger partial charge in [0, 0.05) is 0 Å². The van der Waals surface area contributed by atoms with Gasteiger partial charge >= 0.3 is 0 Å². The van der Waals surface area contributed by atoms with Gasteiger partial charge in [0.1, 0.15) is 0 Å². The van der Waals surface area contributed by atoms with Crippen LogP contribution in [-0.4, -0.2) is 0 Å². The summed E-state index contributed by atoms with van der Waals surface area (Å²) in [6.45, 7) is 0. The maximum atomic E-state index is 5.35. The molecule has 0 aliphatic heterocycles. The predicted molar refractivity (Wildman–Crippen MR) is 47.6 cm³/mol. The summed E-state index contributed by atoms with van der Waals surface area (Å²) < 4.78 is 0. The average Bonchev–Trinajstić information content (AvgIpc) is 1.88. The van der Waals surface area contributed by atoms with Crippen LogP contribution in [0, 0.1) is 0 Å². The topological polar surface area (TPSA) is 26.0 Å². The molecule has 1 rings (SSSR count). The predicted octanol–water partition coefficient (Wildman–Crippen LogP) is 1.87. The Morgan fingerprint density at radius 1 is 1.30 bits per heavy atom. The number of hydrogen-bond acceptors (Lipinski definition) is 2. The van der Waals surface area contributed by atoms with Gasteiger partial charge in [-0.15, -0.1) is 12.6 Å². The Balaban J connectivity index is 2.87. The maximum Gasteiger partial charge on any atom is 0.0630 e. The van der Waals surface area contributed by atoms with Crippen molar-refractivity contribution in [3.63, 3.8) is 0 Å². The van der Waals surface area contributed by atoms with Crippen LogP contribution in [0.1, 0.15) is 5.56 Å². The lowest BCUT2D eigenvalue weighted by Crippen LogP contribution is -1.85. The molecule has 0 unspecified atom stereocenters. The van der Waals surface area contributed by atoms with Crippen molar-refractivity contribution in [1.29, 1.82) is 0 Å². The van der Waals surface area contributed by atoms with Crippen molar-refractivity contribution in [2.45, 2.75) is 0 Å². The Bertz CT molecular complexity index is 224. The van der Waals surface area contributed by atoms with Crippen LogP contribution in [-0.2, 0) is 0 Å². The highest BCUT2D eigenvalue weighted by molar-refractivity contribution is 7.84. The minimum Gasteiger partial charge on any atom is -0.394 e. The van der Waals surface area contributed by atoms with E-state index in [0.717, 1.165) is 5.56 Å². The van der Waals surface area contributed by atoms with Gasteiger partial charge in [-0.25, -0.2) is 0 Å². The first-order valence-electron chi connectivity index (χ1n) is 3.00. The number of thiol groups is 1. The molecule has 0 heterocycles. The van der Waals surface area contributed by atoms with Crippen LogP contribution in [0.15, 0.2) is 35.4 Å². The first-order chi connectivity index (χ1) is 4.79. The van der Waals surface area contributed by atoms with E-state index in [-0.39, 0.29) is 0 Å². The fourth-order valence-corrected chi connectivity index (χ4v) is 0.869. The average molecular weight is 151 g/mol. The van der Waals surface area contributed by atoms with Crippen LogP contribution in [0.3, 0.4) is 0 Å². The third-order valence-electron chi connectivity index (χ3n) is 1.11. The van der Waals surface area contributed by atoms with Crippen molar-refractivity contribution in [3.05, 3.63) is 40.9 Å². The van der Waals surface area contributed by atoms with Crippen molar-refractivity contribution in [2.75, 3.05) is 0 Å². The molecular formula is C8H9NS. The molecular weight excluding hydrogens is 142 g/mol. The van der Waals surface area contributed by atoms with E-state index in [1.54, 1.807) is 0 Å². The molecule has 0 saturated carbocycles. The molecule has 2 N–H and O–H groups in total. The second-order valence-electron chi connectivity index (χ2n) is 1.98. The Morgan fingerprint density at radius 2 is 1.90 bits per heavy atom. The Kier molecular flexibility index (Phi) is 2.40. The van der Waals surface area contributed by atoms with E-state index in [1.807, 2.05) is 36.4 Å². The zero-order valence-electron chi connectivity index (χ0n) is 5.49. The highest BCUT2D eigenvalue weighted by Crippen LogP contribution is 2.03. The van der Waals surface area contributed by atoms with Crippen LogP contribution < -0.4 is 5.73 Å². The van der Waals surface area contributed by atoms with Gasteiger partial charge in [-0.05, 0) is 11.6 Å². The van der Waals surface area contributed by atoms with E-state index in [0.29, 0.717) is 5.03 Å². The zero-order chi connectivity index (χ0) is 7.40. The smallest absolute Gasteiger partial charge is 0.0630 e. The van der Waals surface area contributed by atoms with E-state index in [9.17, 15) is 0 Å². The lowest BCUT2D eigenvalue weighted by molar-refractivity contribution is 1.57. The Morgan fingerprint density at radius 3 is 2.40 bits per heavy atom. The van der Waals surface area contributed by atoms with Gasteiger partial charge in [0.2, 0.25) is 0 Å². The van der Waals surface area contributed by atoms with Crippen LogP contribution in [0.25, 0.3) is 6.08 Å². The van der Waals surface area contributed by atoms with Crippen molar-refractivity contribution in [1.82, 2.24) is 0 Å². The summed E-state index contributed by atoms with van der Waals surface area (Å²) in [4.78, 5) is 0.